The van der Waals surface area contributed by atoms with Gasteiger partial charge in [0.15, 0.2) is 11.5 Å². The number of nitrogens with two attached hydrogens (primary N) is 1. The van der Waals surface area contributed by atoms with Gasteiger partial charge in [0, 0.05) is 16.1 Å². The van der Waals surface area contributed by atoms with Gasteiger partial charge in [0.05, 0.1) is 6.04 Å². The summed E-state index contributed by atoms with van der Waals surface area (Å²) in [4.78, 5) is 0. The van der Waals surface area contributed by atoms with Gasteiger partial charge in [0.2, 0.25) is 0 Å². The fourth-order valence-corrected chi connectivity index (χ4v) is 2.80. The fourth-order valence-electron chi connectivity index (χ4n) is 2.24. The minimum atomic E-state index is -0.582. The third-order valence-corrected chi connectivity index (χ3v) is 3.95. The first-order chi connectivity index (χ1) is 10.1. The molecule has 1 unspecified atom stereocenters. The molecule has 0 bridgehead atoms. The number of benzene rings is 2. The van der Waals surface area contributed by atoms with Crippen molar-refractivity contribution in [2.75, 3.05) is 13.2 Å². The molecule has 2 aromatic carbocycles. The van der Waals surface area contributed by atoms with Crippen molar-refractivity contribution in [1.29, 1.82) is 0 Å². The van der Waals surface area contributed by atoms with Crippen LogP contribution < -0.4 is 15.2 Å². The molecule has 0 aromatic heterocycles. The predicted molar refractivity (Wildman–Crippen MR) is 79.9 cm³/mol. The number of ether oxygens (including phenoxy) is 2. The summed E-state index contributed by atoms with van der Waals surface area (Å²) >= 11 is 12.3. The molecule has 21 heavy (non-hydrogen) atoms. The smallest absolute Gasteiger partial charge is 0.162 e. The van der Waals surface area contributed by atoms with E-state index in [2.05, 4.69) is 0 Å². The Kier molecular flexibility index (Phi) is 3.93. The monoisotopic (exact) mass is 327 g/mol. The molecule has 1 heterocycles. The zero-order valence-electron chi connectivity index (χ0n) is 10.9. The summed E-state index contributed by atoms with van der Waals surface area (Å²) in [6, 6.07) is 6.91. The quantitative estimate of drug-likeness (QED) is 0.908. The van der Waals surface area contributed by atoms with Crippen LogP contribution in [0.2, 0.25) is 10.0 Å². The van der Waals surface area contributed by atoms with Crippen LogP contribution in [0, 0.1) is 5.82 Å². The Balaban J connectivity index is 2.03. The summed E-state index contributed by atoms with van der Waals surface area (Å²) in [5.74, 6) is 0.769. The second kappa shape index (κ2) is 5.72. The highest BCUT2D eigenvalue weighted by atomic mass is 35.5. The summed E-state index contributed by atoms with van der Waals surface area (Å²) in [7, 11) is 0. The van der Waals surface area contributed by atoms with E-state index in [4.69, 9.17) is 38.4 Å². The van der Waals surface area contributed by atoms with E-state index in [1.54, 1.807) is 18.2 Å². The molecule has 3 nitrogen and oxygen atoms in total. The maximum absolute atomic E-state index is 13.1. The lowest BCUT2D eigenvalue weighted by Gasteiger charge is -2.22. The molecule has 0 saturated carbocycles. The van der Waals surface area contributed by atoms with Gasteiger partial charge in [-0.3, -0.25) is 0 Å². The normalized spacial score (nSPS) is 14.9. The molecule has 1 aliphatic rings. The van der Waals surface area contributed by atoms with Gasteiger partial charge in [-0.05, 0) is 29.3 Å². The Hall–Kier alpha value is -1.49. The van der Waals surface area contributed by atoms with Gasteiger partial charge in [0.1, 0.15) is 19.0 Å². The van der Waals surface area contributed by atoms with E-state index in [1.807, 2.05) is 0 Å². The second-order valence-corrected chi connectivity index (χ2v) is 5.48. The molecule has 6 heteroatoms. The van der Waals surface area contributed by atoms with E-state index in [0.717, 1.165) is 0 Å². The summed E-state index contributed by atoms with van der Waals surface area (Å²) in [6.07, 6.45) is 0. The summed E-state index contributed by atoms with van der Waals surface area (Å²) in [6.45, 7) is 0.957. The first-order valence-corrected chi connectivity index (χ1v) is 7.11. The Morgan fingerprint density at radius 1 is 0.952 bits per heavy atom. The van der Waals surface area contributed by atoms with Crippen molar-refractivity contribution < 1.29 is 13.9 Å². The highest BCUT2D eigenvalue weighted by Gasteiger charge is 2.21. The number of hydrogen-bond acceptors (Lipinski definition) is 3. The van der Waals surface area contributed by atoms with Crippen molar-refractivity contribution in [1.82, 2.24) is 0 Å². The van der Waals surface area contributed by atoms with Gasteiger partial charge < -0.3 is 15.2 Å². The Morgan fingerprint density at radius 2 is 1.57 bits per heavy atom. The van der Waals surface area contributed by atoms with Crippen molar-refractivity contribution in [2.45, 2.75) is 6.04 Å². The van der Waals surface area contributed by atoms with Gasteiger partial charge in [-0.25, -0.2) is 4.39 Å². The highest BCUT2D eigenvalue weighted by Crippen LogP contribution is 2.39. The van der Waals surface area contributed by atoms with Crippen molar-refractivity contribution in [3.05, 3.63) is 57.3 Å². The van der Waals surface area contributed by atoms with Crippen LogP contribution in [0.4, 0.5) is 4.39 Å². The zero-order valence-corrected chi connectivity index (χ0v) is 12.4. The number of rotatable bonds is 2. The van der Waals surface area contributed by atoms with Crippen molar-refractivity contribution >= 4 is 23.2 Å². The van der Waals surface area contributed by atoms with Gasteiger partial charge in [-0.2, -0.15) is 0 Å². The third kappa shape index (κ3) is 2.79. The van der Waals surface area contributed by atoms with Crippen LogP contribution in [-0.2, 0) is 0 Å². The first-order valence-electron chi connectivity index (χ1n) is 6.36. The molecule has 0 saturated heterocycles. The topological polar surface area (TPSA) is 44.5 Å². The maximum atomic E-state index is 13.1. The second-order valence-electron chi connectivity index (χ2n) is 4.66. The van der Waals surface area contributed by atoms with Gasteiger partial charge in [-0.15, -0.1) is 0 Å². The van der Waals surface area contributed by atoms with E-state index in [0.29, 0.717) is 40.9 Å². The van der Waals surface area contributed by atoms with Gasteiger partial charge in [-0.1, -0.05) is 29.3 Å². The number of fused-ring (bicyclic) bond motifs is 1. The molecule has 110 valence electrons. The van der Waals surface area contributed by atoms with Crippen LogP contribution in [0.15, 0.2) is 30.3 Å². The van der Waals surface area contributed by atoms with Crippen molar-refractivity contribution in [2.24, 2.45) is 5.73 Å². The van der Waals surface area contributed by atoms with E-state index >= 15 is 0 Å². The molecule has 1 aliphatic heterocycles. The molecular formula is C15H12Cl2FNO2. The Bertz CT molecular complexity index is 694. The lowest BCUT2D eigenvalue weighted by atomic mass is 9.99. The minimum absolute atomic E-state index is 0.258. The molecule has 0 radical (unpaired) electrons. The summed E-state index contributed by atoms with van der Waals surface area (Å²) < 4.78 is 24.1. The van der Waals surface area contributed by atoms with Crippen molar-refractivity contribution in [3.63, 3.8) is 0 Å². The lowest BCUT2D eigenvalue weighted by molar-refractivity contribution is 0.171. The predicted octanol–water partition coefficient (Wildman–Crippen LogP) is 3.95. The molecule has 2 N–H and O–H groups in total. The molecule has 0 fully saturated rings. The fraction of sp³-hybridized carbons (Fsp3) is 0.200. The van der Waals surface area contributed by atoms with Crippen LogP contribution in [0.5, 0.6) is 11.5 Å². The average molecular weight is 328 g/mol. The van der Waals surface area contributed by atoms with Crippen molar-refractivity contribution in [3.8, 4) is 11.5 Å². The summed E-state index contributed by atoms with van der Waals surface area (Å²) in [5, 5.41) is 0.709. The van der Waals surface area contributed by atoms with Crippen LogP contribution in [0.1, 0.15) is 17.2 Å². The summed E-state index contributed by atoms with van der Waals surface area (Å²) in [5.41, 5.74) is 7.46. The van der Waals surface area contributed by atoms with Crippen LogP contribution >= 0.6 is 23.2 Å². The molecule has 3 rings (SSSR count). The van der Waals surface area contributed by atoms with Gasteiger partial charge in [0.25, 0.3) is 0 Å². The average Bonchev–Trinajstić information content (AvgIpc) is 2.46. The standard InChI is InChI=1S/C15H12Cl2FNO2/c16-11-5-8(18)1-2-9(11)15(19)10-6-13-14(7-12(10)17)21-4-3-20-13/h1-2,5-7,15H,3-4,19H2. The number of halogens is 3. The van der Waals surface area contributed by atoms with Gasteiger partial charge >= 0.3 is 0 Å². The molecular weight excluding hydrogens is 316 g/mol. The molecule has 1 atom stereocenters. The SMILES string of the molecule is NC(c1ccc(F)cc1Cl)c1cc2c(cc1Cl)OCCO2. The first kappa shape index (κ1) is 14.4. The molecule has 0 spiro atoms. The lowest BCUT2D eigenvalue weighted by Crippen LogP contribution is -2.18. The number of hydrogen-bond donors (Lipinski definition) is 1. The largest absolute Gasteiger partial charge is 0.486 e. The van der Waals surface area contributed by atoms with E-state index in [9.17, 15) is 4.39 Å². The van der Waals surface area contributed by atoms with E-state index < -0.39 is 11.9 Å². The minimum Gasteiger partial charge on any atom is -0.486 e. The Labute approximate surface area is 131 Å². The Morgan fingerprint density at radius 3 is 2.24 bits per heavy atom. The highest BCUT2D eigenvalue weighted by molar-refractivity contribution is 6.32. The third-order valence-electron chi connectivity index (χ3n) is 3.29. The van der Waals surface area contributed by atoms with Crippen LogP contribution in [0.25, 0.3) is 0 Å². The van der Waals surface area contributed by atoms with E-state index in [-0.39, 0.29) is 5.02 Å². The van der Waals surface area contributed by atoms with Crippen LogP contribution in [-0.4, -0.2) is 13.2 Å². The maximum Gasteiger partial charge on any atom is 0.162 e. The van der Waals surface area contributed by atoms with E-state index in [1.165, 1.54) is 12.1 Å². The molecule has 0 aliphatic carbocycles. The molecule has 2 aromatic rings. The zero-order chi connectivity index (χ0) is 15.0. The molecule has 0 amide bonds. The van der Waals surface area contributed by atoms with Crippen LogP contribution in [0.3, 0.4) is 0 Å².